The quantitative estimate of drug-likeness (QED) is 0.408. The van der Waals surface area contributed by atoms with E-state index in [1.165, 1.54) is 49.0 Å². The smallest absolute Gasteiger partial charge is 0.213 e. The van der Waals surface area contributed by atoms with Crippen molar-refractivity contribution in [1.82, 2.24) is 9.88 Å². The maximum atomic E-state index is 6.06. The van der Waals surface area contributed by atoms with Crippen LogP contribution in [0.5, 0.6) is 17.4 Å². The van der Waals surface area contributed by atoms with E-state index in [1.807, 2.05) is 12.3 Å². The summed E-state index contributed by atoms with van der Waals surface area (Å²) in [6.45, 7) is 5.09. The average molecular weight is 488 g/mol. The average Bonchev–Trinajstić information content (AvgIpc) is 2.94. The molecule has 6 heteroatoms. The molecular formula is C30H37N3O3. The zero-order valence-electron chi connectivity index (χ0n) is 21.5. The molecule has 6 nitrogen and oxygen atoms in total. The number of piperidine rings is 1. The Labute approximate surface area is 214 Å². The van der Waals surface area contributed by atoms with Gasteiger partial charge in [-0.1, -0.05) is 24.6 Å². The lowest BCUT2D eigenvalue weighted by Crippen LogP contribution is -2.36. The van der Waals surface area contributed by atoms with Crippen LogP contribution in [-0.4, -0.2) is 56.9 Å². The third-order valence-corrected chi connectivity index (χ3v) is 7.45. The number of pyridine rings is 1. The largest absolute Gasteiger partial charge is 0.497 e. The minimum absolute atomic E-state index is 0.209. The van der Waals surface area contributed by atoms with Crippen molar-refractivity contribution in [1.29, 1.82) is 0 Å². The summed E-state index contributed by atoms with van der Waals surface area (Å²) in [6, 6.07) is 19.4. The summed E-state index contributed by atoms with van der Waals surface area (Å²) in [4.78, 5) is 9.44. The van der Waals surface area contributed by atoms with E-state index in [9.17, 15) is 0 Å². The van der Waals surface area contributed by atoms with E-state index in [1.54, 1.807) is 14.2 Å². The molecule has 1 saturated heterocycles. The first-order valence-corrected chi connectivity index (χ1v) is 13.1. The molecule has 0 saturated carbocycles. The molecule has 3 aromatic rings. The van der Waals surface area contributed by atoms with Gasteiger partial charge in [0.2, 0.25) is 5.88 Å². The minimum atomic E-state index is 0.209. The second-order valence-electron chi connectivity index (χ2n) is 9.68. The molecule has 0 aliphatic carbocycles. The van der Waals surface area contributed by atoms with Gasteiger partial charge in [-0.25, -0.2) is 4.98 Å². The van der Waals surface area contributed by atoms with Crippen LogP contribution in [0.25, 0.3) is 0 Å². The lowest BCUT2D eigenvalue weighted by Gasteiger charge is -2.39. The molecule has 1 fully saturated rings. The highest BCUT2D eigenvalue weighted by Crippen LogP contribution is 2.37. The molecule has 2 aliphatic heterocycles. The molecule has 1 aromatic heterocycles. The van der Waals surface area contributed by atoms with Gasteiger partial charge in [0.15, 0.2) is 0 Å². The molecule has 1 atom stereocenters. The van der Waals surface area contributed by atoms with Crippen molar-refractivity contribution in [2.75, 3.05) is 51.9 Å². The van der Waals surface area contributed by atoms with E-state index in [0.717, 1.165) is 49.7 Å². The van der Waals surface area contributed by atoms with E-state index in [-0.39, 0.29) is 6.04 Å². The highest BCUT2D eigenvalue weighted by Gasteiger charge is 2.28. The summed E-state index contributed by atoms with van der Waals surface area (Å²) in [7, 11) is 3.38. The Morgan fingerprint density at radius 2 is 1.67 bits per heavy atom. The SMILES string of the molecule is COc1ccc2c(c1)CCN(c1ccc(OC)nc1)C2Cc1ccc(OCCN2CCCCC2)cc1. The van der Waals surface area contributed by atoms with E-state index < -0.39 is 0 Å². The molecule has 2 aromatic carbocycles. The van der Waals surface area contributed by atoms with Gasteiger partial charge >= 0.3 is 0 Å². The van der Waals surface area contributed by atoms with Crippen LogP contribution < -0.4 is 19.1 Å². The van der Waals surface area contributed by atoms with Crippen molar-refractivity contribution in [3.63, 3.8) is 0 Å². The van der Waals surface area contributed by atoms with Gasteiger partial charge in [-0.2, -0.15) is 0 Å². The maximum absolute atomic E-state index is 6.06. The fourth-order valence-corrected chi connectivity index (χ4v) is 5.43. The number of hydrogen-bond acceptors (Lipinski definition) is 6. The van der Waals surface area contributed by atoms with Crippen LogP contribution in [0, 0.1) is 0 Å². The van der Waals surface area contributed by atoms with E-state index in [0.29, 0.717) is 5.88 Å². The van der Waals surface area contributed by atoms with Gasteiger partial charge in [-0.05, 0) is 85.8 Å². The Morgan fingerprint density at radius 1 is 0.861 bits per heavy atom. The molecule has 0 spiro atoms. The van der Waals surface area contributed by atoms with Gasteiger partial charge in [0, 0.05) is 19.2 Å². The van der Waals surface area contributed by atoms with Crippen LogP contribution in [0.2, 0.25) is 0 Å². The molecule has 2 aliphatic rings. The number of benzene rings is 2. The topological polar surface area (TPSA) is 47.1 Å². The zero-order chi connectivity index (χ0) is 24.7. The van der Waals surface area contributed by atoms with Crippen LogP contribution in [0.4, 0.5) is 5.69 Å². The Morgan fingerprint density at radius 3 is 2.39 bits per heavy atom. The van der Waals surface area contributed by atoms with Crippen molar-refractivity contribution < 1.29 is 14.2 Å². The molecule has 0 N–H and O–H groups in total. The third-order valence-electron chi connectivity index (χ3n) is 7.45. The van der Waals surface area contributed by atoms with Crippen LogP contribution >= 0.6 is 0 Å². The van der Waals surface area contributed by atoms with Crippen LogP contribution in [0.3, 0.4) is 0 Å². The van der Waals surface area contributed by atoms with Crippen LogP contribution in [0.1, 0.15) is 42.0 Å². The lowest BCUT2D eigenvalue weighted by atomic mass is 9.88. The molecular weight excluding hydrogens is 450 g/mol. The van der Waals surface area contributed by atoms with Gasteiger partial charge in [0.25, 0.3) is 0 Å². The van der Waals surface area contributed by atoms with Gasteiger partial charge < -0.3 is 19.1 Å². The van der Waals surface area contributed by atoms with Crippen molar-refractivity contribution in [3.05, 3.63) is 77.5 Å². The normalized spacial score (nSPS) is 17.9. The van der Waals surface area contributed by atoms with Gasteiger partial charge in [0.05, 0.1) is 32.1 Å². The van der Waals surface area contributed by atoms with Gasteiger partial charge in [0.1, 0.15) is 18.1 Å². The van der Waals surface area contributed by atoms with Crippen molar-refractivity contribution in [2.24, 2.45) is 0 Å². The highest BCUT2D eigenvalue weighted by atomic mass is 16.5. The molecule has 190 valence electrons. The molecule has 1 unspecified atom stereocenters. The fourth-order valence-electron chi connectivity index (χ4n) is 5.43. The number of rotatable bonds is 9. The van der Waals surface area contributed by atoms with E-state index >= 15 is 0 Å². The van der Waals surface area contributed by atoms with Gasteiger partial charge in [-0.3, -0.25) is 4.90 Å². The zero-order valence-corrected chi connectivity index (χ0v) is 21.5. The summed E-state index contributed by atoms with van der Waals surface area (Å²) in [5, 5.41) is 0. The summed E-state index contributed by atoms with van der Waals surface area (Å²) < 4.78 is 16.8. The molecule has 5 rings (SSSR count). The molecule has 0 amide bonds. The van der Waals surface area contributed by atoms with Crippen LogP contribution in [-0.2, 0) is 12.8 Å². The first kappa shape index (κ1) is 24.4. The molecule has 0 radical (unpaired) electrons. The van der Waals surface area contributed by atoms with Gasteiger partial charge in [-0.15, -0.1) is 0 Å². The number of likely N-dealkylation sites (tertiary alicyclic amines) is 1. The summed E-state index contributed by atoms with van der Waals surface area (Å²) in [6.07, 6.45) is 7.78. The summed E-state index contributed by atoms with van der Waals surface area (Å²) in [5.41, 5.74) is 5.10. The molecule has 3 heterocycles. The first-order valence-electron chi connectivity index (χ1n) is 13.1. The standard InChI is InChI=1S/C30H37N3O3/c1-34-27-11-12-28-24(21-27)14-17-33(25-8-13-30(35-2)31-22-25)29(28)20-23-6-9-26(10-7-23)36-19-18-32-15-4-3-5-16-32/h6-13,21-22,29H,3-5,14-20H2,1-2H3. The van der Waals surface area contributed by atoms with E-state index in [2.05, 4.69) is 63.3 Å². The fraction of sp³-hybridized carbons (Fsp3) is 0.433. The monoisotopic (exact) mass is 487 g/mol. The number of aromatic nitrogens is 1. The Hall–Kier alpha value is -3.25. The lowest BCUT2D eigenvalue weighted by molar-refractivity contribution is 0.183. The number of anilines is 1. The number of fused-ring (bicyclic) bond motifs is 1. The predicted octanol–water partition coefficient (Wildman–Crippen LogP) is 5.31. The first-order chi connectivity index (χ1) is 17.7. The second-order valence-corrected chi connectivity index (χ2v) is 9.68. The van der Waals surface area contributed by atoms with Crippen LogP contribution in [0.15, 0.2) is 60.8 Å². The second kappa shape index (κ2) is 11.7. The van der Waals surface area contributed by atoms with Crippen molar-refractivity contribution >= 4 is 5.69 Å². The number of ether oxygens (including phenoxy) is 3. The van der Waals surface area contributed by atoms with Crippen molar-refractivity contribution in [3.8, 4) is 17.4 Å². The number of hydrogen-bond donors (Lipinski definition) is 0. The maximum Gasteiger partial charge on any atom is 0.213 e. The Balaban J connectivity index is 1.31. The molecule has 36 heavy (non-hydrogen) atoms. The Kier molecular flexibility index (Phi) is 7.91. The number of methoxy groups -OCH3 is 2. The molecule has 0 bridgehead atoms. The highest BCUT2D eigenvalue weighted by molar-refractivity contribution is 5.53. The number of nitrogens with zero attached hydrogens (tertiary/aromatic N) is 3. The summed E-state index contributed by atoms with van der Waals surface area (Å²) >= 11 is 0. The predicted molar refractivity (Wildman–Crippen MR) is 144 cm³/mol. The third kappa shape index (κ3) is 5.76. The van der Waals surface area contributed by atoms with E-state index in [4.69, 9.17) is 14.2 Å². The minimum Gasteiger partial charge on any atom is -0.497 e. The summed E-state index contributed by atoms with van der Waals surface area (Å²) in [5.74, 6) is 2.49. The Bertz CT molecular complexity index is 1110. The van der Waals surface area contributed by atoms with Crippen molar-refractivity contribution in [2.45, 2.75) is 38.1 Å².